The molecule has 4 saturated heterocycles. The van der Waals surface area contributed by atoms with E-state index in [9.17, 15) is 21.6 Å². The second kappa shape index (κ2) is 11.8. The van der Waals surface area contributed by atoms with Gasteiger partial charge in [-0.15, -0.1) is 5.92 Å². The predicted octanol–water partition coefficient (Wildman–Crippen LogP) is 3.35. The lowest BCUT2D eigenvalue weighted by atomic mass is 9.89. The molecule has 258 valence electrons. The van der Waals surface area contributed by atoms with Crippen LogP contribution in [-0.4, -0.2) is 73.7 Å². The number of piperidine rings is 1. The Morgan fingerprint density at radius 2 is 2.04 bits per heavy atom. The molecule has 3 atom stereocenters. The molecule has 4 fully saturated rings. The van der Waals surface area contributed by atoms with Crippen LogP contribution in [0.3, 0.4) is 0 Å². The van der Waals surface area contributed by atoms with Crippen LogP contribution < -0.4 is 24.8 Å². The first kappa shape index (κ1) is 33.0. The van der Waals surface area contributed by atoms with Gasteiger partial charge in [-0.25, -0.2) is 9.11 Å². The number of nitrogen functional groups attached to an aromatic ring is 1. The van der Waals surface area contributed by atoms with Crippen LogP contribution in [0, 0.1) is 17.7 Å². The van der Waals surface area contributed by atoms with Gasteiger partial charge in [-0.05, 0) is 51.6 Å². The maximum atomic E-state index is 15.6. The van der Waals surface area contributed by atoms with Gasteiger partial charge in [0, 0.05) is 49.3 Å². The van der Waals surface area contributed by atoms with Crippen LogP contribution in [0.5, 0.6) is 6.01 Å². The summed E-state index contributed by atoms with van der Waals surface area (Å²) in [6.45, 7) is 8.36. The van der Waals surface area contributed by atoms with E-state index in [1.54, 1.807) is 0 Å². The summed E-state index contributed by atoms with van der Waals surface area (Å²) >= 11 is 0. The normalized spacial score (nSPS) is 28.3. The molecule has 7 rings (SSSR count). The highest BCUT2D eigenvalue weighted by Crippen LogP contribution is 2.45. The van der Waals surface area contributed by atoms with Crippen LogP contribution in [0.15, 0.2) is 18.2 Å². The largest absolute Gasteiger partial charge is 0.461 e. The lowest BCUT2D eigenvalue weighted by Gasteiger charge is -2.41. The Morgan fingerprint density at radius 3 is 2.77 bits per heavy atom. The number of fused-ring (bicyclic) bond motifs is 2. The molecule has 2 aromatic rings. The van der Waals surface area contributed by atoms with Crippen molar-refractivity contribution in [1.29, 1.82) is 0 Å². The maximum Gasteiger partial charge on any atom is 0.418 e. The van der Waals surface area contributed by atoms with Crippen molar-refractivity contribution in [2.24, 2.45) is 0 Å². The van der Waals surface area contributed by atoms with E-state index in [4.69, 9.17) is 20.2 Å². The lowest BCUT2D eigenvalue weighted by Crippen LogP contribution is -2.56. The number of anilines is 2. The van der Waals surface area contributed by atoms with Gasteiger partial charge in [0.15, 0.2) is 5.82 Å². The number of alkyl halides is 3. The first-order chi connectivity index (χ1) is 22.7. The van der Waals surface area contributed by atoms with Crippen LogP contribution in [-0.2, 0) is 34.2 Å². The van der Waals surface area contributed by atoms with Crippen LogP contribution in [0.2, 0.25) is 0 Å². The third kappa shape index (κ3) is 5.89. The van der Waals surface area contributed by atoms with Gasteiger partial charge in [0.25, 0.3) is 10.2 Å². The average molecular weight is 692 g/mol. The van der Waals surface area contributed by atoms with E-state index in [-0.39, 0.29) is 37.7 Å². The first-order valence-electron chi connectivity index (χ1n) is 15.9. The number of ether oxygens (including phenoxy) is 2. The smallest absolute Gasteiger partial charge is 0.418 e. The molecule has 1 aromatic carbocycles. The molecule has 11 nitrogen and oxygen atoms in total. The molecule has 1 unspecified atom stereocenters. The molecular formula is C32H37F4N7O4S. The highest BCUT2D eigenvalue weighted by atomic mass is 32.2. The van der Waals surface area contributed by atoms with Gasteiger partial charge >= 0.3 is 12.2 Å². The minimum absolute atomic E-state index is 0.0366. The van der Waals surface area contributed by atoms with Gasteiger partial charge in [-0.3, -0.25) is 4.90 Å². The summed E-state index contributed by atoms with van der Waals surface area (Å²) in [4.78, 5) is 13.8. The van der Waals surface area contributed by atoms with E-state index in [0.717, 1.165) is 44.0 Å². The lowest BCUT2D eigenvalue weighted by molar-refractivity contribution is -0.140. The van der Waals surface area contributed by atoms with Crippen molar-refractivity contribution in [2.45, 2.75) is 75.4 Å². The quantitative estimate of drug-likeness (QED) is 0.187. The fraction of sp³-hybridized carbons (Fsp3) is 0.562. The Kier molecular flexibility index (Phi) is 8.14. The SMILES string of the molecule is C=C1CN2CCC[C@]2(COc2nc3c(c(N4CCCC5(CNS(=O)(=O)N5)C4)n2)CO[C@H](c2c(F)c(N)cc(C#CC)c2C(F)(F)F)C3)C1. The standard InChI is InChI=1S/C32H37F4N7O4S/c1-3-6-20-11-22(37)27(33)25(26(20)32(34,35)36)24-12-23-21(15-46-24)28(42-9-4-7-30(17-42)16-38-48(44,45)41-30)40-29(39-23)47-18-31-8-5-10-43(31)14-19(2)13-31/h11,24,38,41H,2,4-5,7-10,12-18,37H2,1H3/t24-,30?,31+/m0/s1. The molecule has 0 bridgehead atoms. The number of aromatic nitrogens is 2. The summed E-state index contributed by atoms with van der Waals surface area (Å²) in [7, 11) is -3.65. The van der Waals surface area contributed by atoms with Crippen molar-refractivity contribution < 1.29 is 35.5 Å². The monoisotopic (exact) mass is 691 g/mol. The van der Waals surface area contributed by atoms with Crippen molar-refractivity contribution in [2.75, 3.05) is 50.0 Å². The zero-order valence-electron chi connectivity index (χ0n) is 26.5. The summed E-state index contributed by atoms with van der Waals surface area (Å²) in [6.07, 6.45) is -2.58. The summed E-state index contributed by atoms with van der Waals surface area (Å²) in [5.74, 6) is 4.09. The molecule has 0 saturated carbocycles. The average Bonchev–Trinajstić information content (AvgIpc) is 3.65. The number of halogens is 4. The third-order valence-corrected chi connectivity index (χ3v) is 11.3. The molecule has 0 aliphatic carbocycles. The molecular weight excluding hydrogens is 654 g/mol. The number of hydrogen-bond donors (Lipinski definition) is 3. The van der Waals surface area contributed by atoms with Gasteiger partial charge in [-0.2, -0.15) is 36.3 Å². The number of nitrogens with one attached hydrogen (secondary N) is 2. The molecule has 1 aromatic heterocycles. The highest BCUT2D eigenvalue weighted by Gasteiger charge is 2.48. The Morgan fingerprint density at radius 1 is 1.25 bits per heavy atom. The Labute approximate surface area is 276 Å². The molecule has 16 heteroatoms. The summed E-state index contributed by atoms with van der Waals surface area (Å²) < 4.78 is 101. The zero-order valence-corrected chi connectivity index (χ0v) is 27.3. The minimum Gasteiger partial charge on any atom is -0.461 e. The minimum atomic E-state index is -4.94. The summed E-state index contributed by atoms with van der Waals surface area (Å²) in [5.41, 5.74) is 3.97. The second-order valence-corrected chi connectivity index (χ2v) is 14.9. The number of benzene rings is 1. The van der Waals surface area contributed by atoms with Gasteiger partial charge in [0.05, 0.1) is 40.7 Å². The van der Waals surface area contributed by atoms with E-state index in [2.05, 4.69) is 37.7 Å². The van der Waals surface area contributed by atoms with Crippen molar-refractivity contribution in [3.63, 3.8) is 0 Å². The van der Waals surface area contributed by atoms with E-state index in [1.807, 2.05) is 4.90 Å². The highest BCUT2D eigenvalue weighted by molar-refractivity contribution is 7.87. The Balaban J connectivity index is 1.28. The van der Waals surface area contributed by atoms with E-state index < -0.39 is 56.2 Å². The molecule has 48 heavy (non-hydrogen) atoms. The number of rotatable bonds is 5. The third-order valence-electron chi connectivity index (χ3n) is 10.1. The van der Waals surface area contributed by atoms with Crippen molar-refractivity contribution in [3.8, 4) is 17.9 Å². The fourth-order valence-corrected chi connectivity index (χ4v) is 9.41. The number of nitrogens with zero attached hydrogens (tertiary/aromatic N) is 4. The number of hydrogen-bond acceptors (Lipinski definition) is 9. The van der Waals surface area contributed by atoms with E-state index >= 15 is 4.39 Å². The maximum absolute atomic E-state index is 15.6. The Hall–Kier alpha value is -3.49. The van der Waals surface area contributed by atoms with Crippen molar-refractivity contribution >= 4 is 21.7 Å². The van der Waals surface area contributed by atoms with Gasteiger partial charge in [0.2, 0.25) is 0 Å². The molecule has 0 amide bonds. The van der Waals surface area contributed by atoms with Gasteiger partial charge in [-0.1, -0.05) is 18.1 Å². The molecule has 5 aliphatic rings. The molecule has 4 N–H and O–H groups in total. The molecule has 1 spiro atoms. The topological polar surface area (TPSA) is 135 Å². The molecule has 5 aliphatic heterocycles. The van der Waals surface area contributed by atoms with Gasteiger partial charge < -0.3 is 20.1 Å². The van der Waals surface area contributed by atoms with Crippen molar-refractivity contribution in [1.82, 2.24) is 24.3 Å². The van der Waals surface area contributed by atoms with E-state index in [1.165, 1.54) is 6.92 Å². The zero-order chi connectivity index (χ0) is 34.1. The first-order valence-corrected chi connectivity index (χ1v) is 17.4. The summed E-state index contributed by atoms with van der Waals surface area (Å²) in [5, 5.41) is 0. The van der Waals surface area contributed by atoms with Crippen molar-refractivity contribution in [3.05, 3.63) is 52.0 Å². The Bertz CT molecular complexity index is 1850. The molecule has 6 heterocycles. The predicted molar refractivity (Wildman–Crippen MR) is 169 cm³/mol. The summed E-state index contributed by atoms with van der Waals surface area (Å²) in [6, 6.07) is 0.928. The number of nitrogens with two attached hydrogens (primary N) is 1. The molecule has 0 radical (unpaired) electrons. The van der Waals surface area contributed by atoms with Crippen LogP contribution in [0.25, 0.3) is 0 Å². The van der Waals surface area contributed by atoms with Crippen LogP contribution >= 0.6 is 0 Å². The van der Waals surface area contributed by atoms with Crippen LogP contribution in [0.1, 0.15) is 73.1 Å². The van der Waals surface area contributed by atoms with Gasteiger partial charge in [0.1, 0.15) is 12.4 Å². The fourth-order valence-electron chi connectivity index (χ4n) is 8.06. The second-order valence-electron chi connectivity index (χ2n) is 13.4. The van der Waals surface area contributed by atoms with Crippen LogP contribution in [0.4, 0.5) is 29.1 Å². The van der Waals surface area contributed by atoms with E-state index in [0.29, 0.717) is 43.1 Å².